The van der Waals surface area contributed by atoms with Crippen molar-refractivity contribution in [3.05, 3.63) is 74.4 Å². The Morgan fingerprint density at radius 2 is 2.00 bits per heavy atom. The van der Waals surface area contributed by atoms with E-state index in [1.165, 1.54) is 48.3 Å². The monoisotopic (exact) mass is 585 g/mol. The summed E-state index contributed by atoms with van der Waals surface area (Å²) in [6.45, 7) is 2.70. The number of carbonyl (C=O) groups is 1. The maximum Gasteiger partial charge on any atom is 0.332 e. The van der Waals surface area contributed by atoms with Crippen molar-refractivity contribution < 1.29 is 23.4 Å². The number of carbonyl (C=O) groups excluding carboxylic acids is 1. The van der Waals surface area contributed by atoms with Crippen molar-refractivity contribution in [2.24, 2.45) is 0 Å². The molecule has 1 aromatic carbocycles. The second-order valence-electron chi connectivity index (χ2n) is 9.89. The van der Waals surface area contributed by atoms with Crippen LogP contribution in [-0.4, -0.2) is 70.7 Å². The maximum absolute atomic E-state index is 14.5. The third kappa shape index (κ3) is 5.32. The summed E-state index contributed by atoms with van der Waals surface area (Å²) in [5.41, 5.74) is -0.129. The summed E-state index contributed by atoms with van der Waals surface area (Å²) in [5.74, 6) is -0.399. The number of thiophene rings is 1. The third-order valence-corrected chi connectivity index (χ3v) is 8.67. The number of piperidine rings is 1. The van der Waals surface area contributed by atoms with Crippen LogP contribution in [0.5, 0.6) is 5.75 Å². The van der Waals surface area contributed by atoms with Crippen molar-refractivity contribution in [2.45, 2.75) is 38.5 Å². The summed E-state index contributed by atoms with van der Waals surface area (Å²) in [5, 5.41) is 5.31. The van der Waals surface area contributed by atoms with E-state index in [0.717, 1.165) is 4.57 Å². The Kier molecular flexibility index (Phi) is 8.38. The van der Waals surface area contributed by atoms with Crippen LogP contribution in [0.15, 0.2) is 46.2 Å². The van der Waals surface area contributed by atoms with Crippen LogP contribution in [0.4, 0.5) is 4.39 Å². The van der Waals surface area contributed by atoms with Crippen LogP contribution >= 0.6 is 11.3 Å². The molecule has 11 nitrogen and oxygen atoms in total. The first kappa shape index (κ1) is 28.7. The first-order valence-corrected chi connectivity index (χ1v) is 14.1. The lowest BCUT2D eigenvalue weighted by Gasteiger charge is -2.30. The molecule has 3 aromatic heterocycles. The number of fused-ring (bicyclic) bond motifs is 1. The highest BCUT2D eigenvalue weighted by molar-refractivity contribution is 7.21. The van der Waals surface area contributed by atoms with E-state index < -0.39 is 29.2 Å². The number of halogens is 1. The van der Waals surface area contributed by atoms with E-state index in [0.29, 0.717) is 51.5 Å². The SMILES string of the molecule is COCCO[C@@H](Cn1c(=O)n(C2CCCN(C)C2=O)c(=O)c2c(C)c(-n3cccn3)sc21)c1cc(F)ccc1OC. The number of rotatable bonds is 10. The molecule has 0 spiro atoms. The van der Waals surface area contributed by atoms with E-state index in [4.69, 9.17) is 14.2 Å². The quantitative estimate of drug-likeness (QED) is 0.263. The van der Waals surface area contributed by atoms with Gasteiger partial charge >= 0.3 is 5.69 Å². The molecule has 1 saturated heterocycles. The fourth-order valence-electron chi connectivity index (χ4n) is 5.28. The number of aromatic nitrogens is 4. The summed E-state index contributed by atoms with van der Waals surface area (Å²) in [7, 11) is 4.67. The van der Waals surface area contributed by atoms with Crippen LogP contribution in [0.25, 0.3) is 15.2 Å². The molecule has 0 aliphatic carbocycles. The Morgan fingerprint density at radius 3 is 2.71 bits per heavy atom. The summed E-state index contributed by atoms with van der Waals surface area (Å²) >= 11 is 1.24. The van der Waals surface area contributed by atoms with Gasteiger partial charge in [0.2, 0.25) is 5.91 Å². The number of methoxy groups -OCH3 is 2. The molecule has 4 heterocycles. The Labute approximate surface area is 239 Å². The summed E-state index contributed by atoms with van der Waals surface area (Å²) < 4.78 is 35.4. The predicted molar refractivity (Wildman–Crippen MR) is 152 cm³/mol. The molecular formula is C28H32FN5O6S. The van der Waals surface area contributed by atoms with Gasteiger partial charge in [0.1, 0.15) is 33.5 Å². The Balaban J connectivity index is 1.75. The van der Waals surface area contributed by atoms with Gasteiger partial charge in [-0.3, -0.25) is 14.2 Å². The number of aryl methyl sites for hydroxylation is 1. The first-order chi connectivity index (χ1) is 19.8. The van der Waals surface area contributed by atoms with Crippen LogP contribution in [0.2, 0.25) is 0 Å². The molecule has 218 valence electrons. The highest BCUT2D eigenvalue weighted by atomic mass is 32.1. The number of likely N-dealkylation sites (N-methyl/N-ethyl adjacent to an activating group) is 1. The van der Waals surface area contributed by atoms with Crippen molar-refractivity contribution in [1.29, 1.82) is 0 Å². The van der Waals surface area contributed by atoms with E-state index in [-0.39, 0.29) is 25.7 Å². The smallest absolute Gasteiger partial charge is 0.332 e. The minimum atomic E-state index is -0.937. The number of nitrogens with zero attached hydrogens (tertiary/aromatic N) is 5. The lowest BCUT2D eigenvalue weighted by molar-refractivity contribution is -0.136. The molecule has 1 amide bonds. The van der Waals surface area contributed by atoms with Gasteiger partial charge in [-0.1, -0.05) is 11.3 Å². The van der Waals surface area contributed by atoms with Crippen molar-refractivity contribution in [3.63, 3.8) is 0 Å². The van der Waals surface area contributed by atoms with Crippen molar-refractivity contribution in [2.75, 3.05) is 41.0 Å². The second kappa shape index (κ2) is 12.0. The first-order valence-electron chi connectivity index (χ1n) is 13.2. The third-order valence-electron chi connectivity index (χ3n) is 7.37. The van der Waals surface area contributed by atoms with Gasteiger partial charge in [0.15, 0.2) is 0 Å². The normalized spacial score (nSPS) is 16.5. The highest BCUT2D eigenvalue weighted by Crippen LogP contribution is 2.34. The highest BCUT2D eigenvalue weighted by Gasteiger charge is 2.33. The van der Waals surface area contributed by atoms with Crippen LogP contribution < -0.4 is 16.0 Å². The number of likely N-dealkylation sites (tertiary alicyclic amines) is 1. The van der Waals surface area contributed by atoms with Crippen molar-refractivity contribution in [3.8, 4) is 10.8 Å². The number of amides is 1. The molecule has 4 aromatic rings. The molecule has 13 heteroatoms. The Hall–Kier alpha value is -3.81. The lowest BCUT2D eigenvalue weighted by atomic mass is 10.0. The second-order valence-corrected chi connectivity index (χ2v) is 10.9. The van der Waals surface area contributed by atoms with Gasteiger partial charge in [-0.2, -0.15) is 5.10 Å². The average molecular weight is 586 g/mol. The van der Waals surface area contributed by atoms with Gasteiger partial charge in [0, 0.05) is 44.2 Å². The average Bonchev–Trinajstić information content (AvgIpc) is 3.60. The van der Waals surface area contributed by atoms with Gasteiger partial charge in [-0.05, 0) is 44.0 Å². The largest absolute Gasteiger partial charge is 0.496 e. The fraction of sp³-hybridized carbons (Fsp3) is 0.429. The molecule has 5 rings (SSSR count). The zero-order valence-electron chi connectivity index (χ0n) is 23.3. The van der Waals surface area contributed by atoms with E-state index in [1.54, 1.807) is 42.0 Å². The van der Waals surface area contributed by atoms with E-state index in [9.17, 15) is 18.8 Å². The van der Waals surface area contributed by atoms with Gasteiger partial charge in [-0.25, -0.2) is 18.4 Å². The number of hydrogen-bond acceptors (Lipinski definition) is 8. The van der Waals surface area contributed by atoms with Gasteiger partial charge in [0.25, 0.3) is 5.56 Å². The minimum Gasteiger partial charge on any atom is -0.496 e. The van der Waals surface area contributed by atoms with Crippen LogP contribution in [-0.2, 0) is 20.8 Å². The Morgan fingerprint density at radius 1 is 1.20 bits per heavy atom. The Bertz CT molecular complexity index is 1680. The number of ether oxygens (including phenoxy) is 3. The molecular weight excluding hydrogens is 553 g/mol. The standard InChI is InChI=1S/C28H32FN5O6S/c1-17-23-25(36)34(20-7-5-11-31(2)24(20)35)28(37)32(27(23)41-26(17)33-12-6-10-30-33)16-22(40-14-13-38-3)19-15-18(29)8-9-21(19)39-4/h6,8-10,12,15,20,22H,5,7,11,13-14,16H2,1-4H3/t20?,22-/m0/s1. The van der Waals surface area contributed by atoms with Crippen molar-refractivity contribution in [1.82, 2.24) is 23.8 Å². The van der Waals surface area contributed by atoms with E-state index >= 15 is 0 Å². The summed E-state index contributed by atoms with van der Waals surface area (Å²) in [4.78, 5) is 43.4. The molecule has 1 aliphatic rings. The van der Waals surface area contributed by atoms with Gasteiger partial charge in [0.05, 0.1) is 32.3 Å². The van der Waals surface area contributed by atoms with Crippen molar-refractivity contribution >= 4 is 27.5 Å². The molecule has 0 N–H and O–H groups in total. The topological polar surface area (TPSA) is 110 Å². The van der Waals surface area contributed by atoms with E-state index in [2.05, 4.69) is 5.10 Å². The number of benzene rings is 1. The molecule has 0 saturated carbocycles. The van der Waals surface area contributed by atoms with Crippen LogP contribution in [0.1, 0.15) is 36.1 Å². The predicted octanol–water partition coefficient (Wildman–Crippen LogP) is 3.06. The lowest BCUT2D eigenvalue weighted by Crippen LogP contribution is -2.49. The van der Waals surface area contributed by atoms with Gasteiger partial charge in [-0.15, -0.1) is 0 Å². The fourth-order valence-corrected chi connectivity index (χ4v) is 6.53. The molecule has 1 aliphatic heterocycles. The number of hydrogen-bond donors (Lipinski definition) is 0. The van der Waals surface area contributed by atoms with Crippen LogP contribution in [0.3, 0.4) is 0 Å². The zero-order chi connectivity index (χ0) is 29.3. The molecule has 1 unspecified atom stereocenters. The summed E-state index contributed by atoms with van der Waals surface area (Å²) in [6, 6.07) is 4.92. The minimum absolute atomic E-state index is 0.0750. The molecule has 1 fully saturated rings. The summed E-state index contributed by atoms with van der Waals surface area (Å²) in [6.07, 6.45) is 3.56. The van der Waals surface area contributed by atoms with Gasteiger partial charge < -0.3 is 19.1 Å². The molecule has 41 heavy (non-hydrogen) atoms. The van der Waals surface area contributed by atoms with Crippen LogP contribution in [0, 0.1) is 12.7 Å². The molecule has 0 bridgehead atoms. The van der Waals surface area contributed by atoms with E-state index in [1.807, 2.05) is 0 Å². The molecule has 2 atom stereocenters. The molecule has 0 radical (unpaired) electrons. The maximum atomic E-state index is 14.5. The zero-order valence-corrected chi connectivity index (χ0v) is 24.1.